The number of imidazole rings is 1. The Bertz CT molecular complexity index is 745. The SMILES string of the molecule is Cc1ccc(Cn2c(CCCl)nc3cc(Cl)ccc32)s1. The van der Waals surface area contributed by atoms with Crippen LogP contribution in [0, 0.1) is 6.92 Å². The molecule has 0 N–H and O–H groups in total. The third-order valence-electron chi connectivity index (χ3n) is 3.22. The molecule has 0 aliphatic carbocycles. The summed E-state index contributed by atoms with van der Waals surface area (Å²) in [5.41, 5.74) is 2.05. The van der Waals surface area contributed by atoms with E-state index in [0.29, 0.717) is 10.9 Å². The van der Waals surface area contributed by atoms with Crippen LogP contribution < -0.4 is 0 Å². The fourth-order valence-corrected chi connectivity index (χ4v) is 3.55. The summed E-state index contributed by atoms with van der Waals surface area (Å²) in [4.78, 5) is 7.32. The average Bonchev–Trinajstić information content (AvgIpc) is 2.95. The van der Waals surface area contributed by atoms with Crippen molar-refractivity contribution in [1.29, 1.82) is 0 Å². The van der Waals surface area contributed by atoms with Gasteiger partial charge in [0.15, 0.2) is 0 Å². The van der Waals surface area contributed by atoms with E-state index >= 15 is 0 Å². The van der Waals surface area contributed by atoms with Crippen molar-refractivity contribution in [3.63, 3.8) is 0 Å². The van der Waals surface area contributed by atoms with Crippen LogP contribution in [0.4, 0.5) is 0 Å². The Morgan fingerprint density at radius 3 is 2.80 bits per heavy atom. The monoisotopic (exact) mass is 324 g/mol. The van der Waals surface area contributed by atoms with Crippen LogP contribution >= 0.6 is 34.5 Å². The second-order valence-electron chi connectivity index (χ2n) is 4.70. The van der Waals surface area contributed by atoms with E-state index in [4.69, 9.17) is 23.2 Å². The van der Waals surface area contributed by atoms with E-state index in [0.717, 1.165) is 29.8 Å². The minimum atomic E-state index is 0.570. The number of aromatic nitrogens is 2. The van der Waals surface area contributed by atoms with Gasteiger partial charge in [-0.05, 0) is 37.3 Å². The number of alkyl halides is 1. The van der Waals surface area contributed by atoms with Gasteiger partial charge in [-0.3, -0.25) is 0 Å². The Kier molecular flexibility index (Phi) is 4.01. The minimum Gasteiger partial charge on any atom is -0.323 e. The predicted molar refractivity (Wildman–Crippen MR) is 87.3 cm³/mol. The number of hydrogen-bond donors (Lipinski definition) is 0. The molecule has 0 amide bonds. The predicted octanol–water partition coefficient (Wildman–Crippen LogP) is 4.89. The van der Waals surface area contributed by atoms with Crippen LogP contribution in [0.2, 0.25) is 5.02 Å². The van der Waals surface area contributed by atoms with E-state index in [2.05, 4.69) is 28.6 Å². The number of halogens is 2. The molecular weight excluding hydrogens is 311 g/mol. The molecule has 0 radical (unpaired) electrons. The lowest BCUT2D eigenvalue weighted by molar-refractivity contribution is 0.763. The minimum absolute atomic E-state index is 0.570. The van der Waals surface area contributed by atoms with Crippen molar-refractivity contribution >= 4 is 45.6 Å². The largest absolute Gasteiger partial charge is 0.323 e. The normalized spacial score (nSPS) is 11.3. The van der Waals surface area contributed by atoms with Crippen LogP contribution in [-0.4, -0.2) is 15.4 Å². The zero-order valence-electron chi connectivity index (χ0n) is 11.1. The van der Waals surface area contributed by atoms with E-state index < -0.39 is 0 Å². The first-order valence-electron chi connectivity index (χ1n) is 6.43. The Morgan fingerprint density at radius 1 is 1.25 bits per heavy atom. The van der Waals surface area contributed by atoms with Crippen LogP contribution in [0.5, 0.6) is 0 Å². The highest BCUT2D eigenvalue weighted by molar-refractivity contribution is 7.11. The Labute approximate surface area is 132 Å². The molecule has 0 saturated carbocycles. The van der Waals surface area contributed by atoms with Crippen molar-refractivity contribution in [3.05, 3.63) is 50.9 Å². The quantitative estimate of drug-likeness (QED) is 0.625. The number of thiophene rings is 1. The van der Waals surface area contributed by atoms with E-state index in [9.17, 15) is 0 Å². The molecule has 0 aliphatic rings. The number of hydrogen-bond acceptors (Lipinski definition) is 2. The summed E-state index contributed by atoms with van der Waals surface area (Å²) in [5, 5.41) is 0.714. The molecule has 0 unspecified atom stereocenters. The number of rotatable bonds is 4. The second-order valence-corrected chi connectivity index (χ2v) is 6.89. The first-order valence-corrected chi connectivity index (χ1v) is 8.16. The molecule has 0 bridgehead atoms. The summed E-state index contributed by atoms with van der Waals surface area (Å²) in [6, 6.07) is 10.2. The van der Waals surface area contributed by atoms with Gasteiger partial charge in [0, 0.05) is 27.1 Å². The summed E-state index contributed by atoms with van der Waals surface area (Å²) in [6.07, 6.45) is 0.762. The molecule has 2 heterocycles. The molecule has 0 saturated heterocycles. The molecule has 2 aromatic heterocycles. The summed E-state index contributed by atoms with van der Waals surface area (Å²) in [5.74, 6) is 1.59. The van der Waals surface area contributed by atoms with Gasteiger partial charge in [-0.25, -0.2) is 4.98 Å². The van der Waals surface area contributed by atoms with Crippen molar-refractivity contribution in [2.75, 3.05) is 5.88 Å². The van der Waals surface area contributed by atoms with Gasteiger partial charge >= 0.3 is 0 Å². The highest BCUT2D eigenvalue weighted by Gasteiger charge is 2.12. The topological polar surface area (TPSA) is 17.8 Å². The van der Waals surface area contributed by atoms with Gasteiger partial charge in [0.1, 0.15) is 5.82 Å². The zero-order chi connectivity index (χ0) is 14.1. The van der Waals surface area contributed by atoms with Crippen molar-refractivity contribution in [3.8, 4) is 0 Å². The van der Waals surface area contributed by atoms with Crippen LogP contribution in [0.15, 0.2) is 30.3 Å². The van der Waals surface area contributed by atoms with E-state index in [-0.39, 0.29) is 0 Å². The first kappa shape index (κ1) is 13.9. The smallest absolute Gasteiger partial charge is 0.111 e. The van der Waals surface area contributed by atoms with Crippen LogP contribution in [-0.2, 0) is 13.0 Å². The van der Waals surface area contributed by atoms with Crippen LogP contribution in [0.3, 0.4) is 0 Å². The molecule has 0 aliphatic heterocycles. The van der Waals surface area contributed by atoms with E-state index in [1.807, 2.05) is 29.5 Å². The fraction of sp³-hybridized carbons (Fsp3) is 0.267. The molecule has 20 heavy (non-hydrogen) atoms. The van der Waals surface area contributed by atoms with Crippen molar-refractivity contribution in [2.45, 2.75) is 19.9 Å². The average molecular weight is 325 g/mol. The lowest BCUT2D eigenvalue weighted by atomic mass is 10.3. The maximum absolute atomic E-state index is 6.05. The van der Waals surface area contributed by atoms with E-state index in [1.54, 1.807) is 0 Å². The molecule has 3 aromatic rings. The highest BCUT2D eigenvalue weighted by atomic mass is 35.5. The third kappa shape index (κ3) is 2.71. The van der Waals surface area contributed by atoms with Gasteiger partial charge in [-0.15, -0.1) is 22.9 Å². The van der Waals surface area contributed by atoms with Crippen molar-refractivity contribution < 1.29 is 0 Å². The summed E-state index contributed by atoms with van der Waals surface area (Å²) in [7, 11) is 0. The standard InChI is InChI=1S/C15H14Cl2N2S/c1-10-2-4-12(20-10)9-19-14-5-3-11(17)8-13(14)18-15(19)6-7-16/h2-5,8H,6-7,9H2,1H3. The maximum atomic E-state index is 6.05. The number of fused-ring (bicyclic) bond motifs is 1. The highest BCUT2D eigenvalue weighted by Crippen LogP contribution is 2.24. The molecule has 104 valence electrons. The van der Waals surface area contributed by atoms with Crippen molar-refractivity contribution in [2.24, 2.45) is 0 Å². The van der Waals surface area contributed by atoms with Crippen LogP contribution in [0.25, 0.3) is 11.0 Å². The zero-order valence-corrected chi connectivity index (χ0v) is 13.4. The number of benzene rings is 1. The van der Waals surface area contributed by atoms with Gasteiger partial charge in [-0.2, -0.15) is 0 Å². The van der Waals surface area contributed by atoms with Gasteiger partial charge in [0.25, 0.3) is 0 Å². The molecule has 0 atom stereocenters. The lowest BCUT2D eigenvalue weighted by Gasteiger charge is -2.07. The summed E-state index contributed by atoms with van der Waals surface area (Å²) >= 11 is 13.8. The number of nitrogens with zero attached hydrogens (tertiary/aromatic N) is 2. The van der Waals surface area contributed by atoms with E-state index in [1.165, 1.54) is 9.75 Å². The van der Waals surface area contributed by atoms with Gasteiger partial charge in [-0.1, -0.05) is 11.6 Å². The molecule has 1 aromatic carbocycles. The van der Waals surface area contributed by atoms with Gasteiger partial charge in [0.05, 0.1) is 17.6 Å². The Morgan fingerprint density at radius 2 is 2.10 bits per heavy atom. The lowest BCUT2D eigenvalue weighted by Crippen LogP contribution is -2.04. The Hall–Kier alpha value is -1.03. The second kappa shape index (κ2) is 5.76. The van der Waals surface area contributed by atoms with Gasteiger partial charge < -0.3 is 4.57 Å². The molecule has 2 nitrogen and oxygen atoms in total. The molecular formula is C15H14Cl2N2S. The molecule has 0 spiro atoms. The molecule has 5 heteroatoms. The third-order valence-corrected chi connectivity index (χ3v) is 4.63. The molecule has 0 fully saturated rings. The number of aryl methyl sites for hydroxylation is 2. The van der Waals surface area contributed by atoms with Gasteiger partial charge in [0.2, 0.25) is 0 Å². The Balaban J connectivity index is 2.08. The first-order chi connectivity index (χ1) is 9.67. The maximum Gasteiger partial charge on any atom is 0.111 e. The van der Waals surface area contributed by atoms with Crippen molar-refractivity contribution in [1.82, 2.24) is 9.55 Å². The van der Waals surface area contributed by atoms with Crippen LogP contribution in [0.1, 0.15) is 15.6 Å². The summed E-state index contributed by atoms with van der Waals surface area (Å²) in [6.45, 7) is 2.96. The fourth-order valence-electron chi connectivity index (χ4n) is 2.33. The summed E-state index contributed by atoms with van der Waals surface area (Å²) < 4.78 is 2.24. The molecule has 3 rings (SSSR count).